The van der Waals surface area contributed by atoms with Crippen LogP contribution in [0.5, 0.6) is 0 Å². The standard InChI is InChI=1S/C13H25NO3/c1-3-4-5-6-7-8-9-10-11(15)13(2,14)12(16)17/h3-10,14H2,1-2H3,(H,16,17). The zero-order chi connectivity index (χ0) is 13.3. The summed E-state index contributed by atoms with van der Waals surface area (Å²) in [6.07, 6.45) is 8.03. The first-order valence-electron chi connectivity index (χ1n) is 6.48. The Hall–Kier alpha value is -0.900. The molecule has 1 unspecified atom stereocenters. The summed E-state index contributed by atoms with van der Waals surface area (Å²) in [6.45, 7) is 3.44. The molecule has 4 nitrogen and oxygen atoms in total. The molecule has 0 aromatic rings. The van der Waals surface area contributed by atoms with E-state index in [-0.39, 0.29) is 12.2 Å². The number of nitrogens with two attached hydrogens (primary N) is 1. The lowest BCUT2D eigenvalue weighted by Crippen LogP contribution is -2.52. The smallest absolute Gasteiger partial charge is 0.331 e. The molecule has 0 radical (unpaired) electrons. The third-order valence-electron chi connectivity index (χ3n) is 3.03. The van der Waals surface area contributed by atoms with Gasteiger partial charge in [0.2, 0.25) is 0 Å². The maximum absolute atomic E-state index is 11.5. The second-order valence-electron chi connectivity index (χ2n) is 4.80. The van der Waals surface area contributed by atoms with E-state index in [0.29, 0.717) is 0 Å². The molecule has 0 aliphatic carbocycles. The number of unbranched alkanes of at least 4 members (excludes halogenated alkanes) is 6. The van der Waals surface area contributed by atoms with Crippen LogP contribution in [-0.4, -0.2) is 22.4 Å². The maximum atomic E-state index is 11.5. The van der Waals surface area contributed by atoms with E-state index < -0.39 is 11.5 Å². The summed E-state index contributed by atoms with van der Waals surface area (Å²) in [4.78, 5) is 22.3. The van der Waals surface area contributed by atoms with Crippen molar-refractivity contribution in [3.63, 3.8) is 0 Å². The molecule has 0 aromatic heterocycles. The number of rotatable bonds is 10. The Morgan fingerprint density at radius 3 is 2.00 bits per heavy atom. The van der Waals surface area contributed by atoms with Gasteiger partial charge in [0, 0.05) is 6.42 Å². The zero-order valence-corrected chi connectivity index (χ0v) is 11.0. The van der Waals surface area contributed by atoms with Gasteiger partial charge in [-0.1, -0.05) is 45.4 Å². The normalized spacial score (nSPS) is 14.3. The first kappa shape index (κ1) is 16.1. The van der Waals surface area contributed by atoms with Gasteiger partial charge >= 0.3 is 5.97 Å². The quantitative estimate of drug-likeness (QED) is 0.456. The van der Waals surface area contributed by atoms with Crippen LogP contribution >= 0.6 is 0 Å². The topological polar surface area (TPSA) is 80.4 Å². The van der Waals surface area contributed by atoms with Crippen molar-refractivity contribution in [1.82, 2.24) is 0 Å². The lowest BCUT2D eigenvalue weighted by molar-refractivity contribution is -0.147. The lowest BCUT2D eigenvalue weighted by Gasteiger charge is -2.17. The van der Waals surface area contributed by atoms with E-state index in [1.807, 2.05) is 0 Å². The predicted octanol–water partition coefficient (Wildman–Crippen LogP) is 2.50. The molecule has 0 saturated heterocycles. The molecular weight excluding hydrogens is 218 g/mol. The molecule has 0 fully saturated rings. The number of carboxylic acids is 1. The van der Waals surface area contributed by atoms with Gasteiger partial charge in [-0.15, -0.1) is 0 Å². The molecule has 0 heterocycles. The van der Waals surface area contributed by atoms with E-state index in [9.17, 15) is 9.59 Å². The first-order chi connectivity index (χ1) is 7.92. The van der Waals surface area contributed by atoms with Crippen LogP contribution in [0.2, 0.25) is 0 Å². The summed E-state index contributed by atoms with van der Waals surface area (Å²) >= 11 is 0. The monoisotopic (exact) mass is 243 g/mol. The molecule has 17 heavy (non-hydrogen) atoms. The third-order valence-corrected chi connectivity index (χ3v) is 3.03. The first-order valence-corrected chi connectivity index (χ1v) is 6.48. The summed E-state index contributed by atoms with van der Waals surface area (Å²) in [5, 5.41) is 8.77. The summed E-state index contributed by atoms with van der Waals surface area (Å²) in [6, 6.07) is 0. The lowest BCUT2D eigenvalue weighted by atomic mass is 9.93. The molecule has 0 aliphatic rings. The molecule has 0 spiro atoms. The molecule has 0 saturated carbocycles. The molecule has 0 aromatic carbocycles. The Morgan fingerprint density at radius 1 is 1.06 bits per heavy atom. The molecule has 4 heteroatoms. The Balaban J connectivity index is 3.62. The van der Waals surface area contributed by atoms with Gasteiger partial charge in [0.15, 0.2) is 11.3 Å². The van der Waals surface area contributed by atoms with Crippen LogP contribution < -0.4 is 5.73 Å². The Bertz CT molecular complexity index is 249. The highest BCUT2D eigenvalue weighted by Crippen LogP contribution is 2.12. The van der Waals surface area contributed by atoms with Gasteiger partial charge in [-0.2, -0.15) is 0 Å². The number of carboxylic acid groups (broad SMARTS) is 1. The van der Waals surface area contributed by atoms with Crippen LogP contribution in [0.1, 0.15) is 65.2 Å². The number of aliphatic carboxylic acids is 1. The number of hydrogen-bond donors (Lipinski definition) is 2. The van der Waals surface area contributed by atoms with Crippen LogP contribution in [-0.2, 0) is 9.59 Å². The Kier molecular flexibility index (Phi) is 7.79. The fraction of sp³-hybridized carbons (Fsp3) is 0.846. The molecule has 1 atom stereocenters. The fourth-order valence-corrected chi connectivity index (χ4v) is 1.62. The van der Waals surface area contributed by atoms with Crippen molar-refractivity contribution in [3.8, 4) is 0 Å². The summed E-state index contributed by atoms with van der Waals surface area (Å²) in [5.41, 5.74) is 3.71. The van der Waals surface area contributed by atoms with Crippen molar-refractivity contribution in [2.24, 2.45) is 5.73 Å². The molecule has 0 amide bonds. The number of ketones is 1. The largest absolute Gasteiger partial charge is 0.480 e. The van der Waals surface area contributed by atoms with Crippen molar-refractivity contribution in [1.29, 1.82) is 0 Å². The van der Waals surface area contributed by atoms with Gasteiger partial charge < -0.3 is 10.8 Å². The minimum atomic E-state index is -1.72. The maximum Gasteiger partial charge on any atom is 0.331 e. The van der Waals surface area contributed by atoms with Gasteiger partial charge in [-0.05, 0) is 13.3 Å². The van der Waals surface area contributed by atoms with Gasteiger partial charge in [0.05, 0.1) is 0 Å². The third kappa shape index (κ3) is 6.41. The van der Waals surface area contributed by atoms with Crippen LogP contribution in [0.25, 0.3) is 0 Å². The van der Waals surface area contributed by atoms with E-state index >= 15 is 0 Å². The second-order valence-corrected chi connectivity index (χ2v) is 4.80. The summed E-state index contributed by atoms with van der Waals surface area (Å²) in [7, 11) is 0. The molecule has 0 rings (SSSR count). The average molecular weight is 243 g/mol. The highest BCUT2D eigenvalue weighted by atomic mass is 16.4. The molecule has 100 valence electrons. The number of Topliss-reactive ketones (excluding diaryl/α,β-unsaturated/α-hetero) is 1. The fourth-order valence-electron chi connectivity index (χ4n) is 1.62. The van der Waals surface area contributed by atoms with Gasteiger partial charge in [0.25, 0.3) is 0 Å². The average Bonchev–Trinajstić information content (AvgIpc) is 2.27. The van der Waals surface area contributed by atoms with E-state index in [1.54, 1.807) is 0 Å². The highest BCUT2D eigenvalue weighted by molar-refractivity contribution is 6.06. The van der Waals surface area contributed by atoms with Crippen LogP contribution in [0.3, 0.4) is 0 Å². The van der Waals surface area contributed by atoms with Crippen LogP contribution in [0.4, 0.5) is 0 Å². The van der Waals surface area contributed by atoms with Crippen LogP contribution in [0, 0.1) is 0 Å². The molecular formula is C13H25NO3. The van der Waals surface area contributed by atoms with Crippen molar-refractivity contribution in [2.45, 2.75) is 70.8 Å². The number of carbonyl (C=O) groups excluding carboxylic acids is 1. The van der Waals surface area contributed by atoms with E-state index in [1.165, 1.54) is 32.6 Å². The minimum absolute atomic E-state index is 0.271. The van der Waals surface area contributed by atoms with E-state index in [4.69, 9.17) is 10.8 Å². The SMILES string of the molecule is CCCCCCCCCC(=O)C(C)(N)C(=O)O. The number of carbonyl (C=O) groups is 2. The van der Waals surface area contributed by atoms with Crippen molar-refractivity contribution < 1.29 is 14.7 Å². The van der Waals surface area contributed by atoms with E-state index in [0.717, 1.165) is 19.3 Å². The Labute approximate surface area is 104 Å². The van der Waals surface area contributed by atoms with Crippen molar-refractivity contribution in [3.05, 3.63) is 0 Å². The predicted molar refractivity (Wildman–Crippen MR) is 67.8 cm³/mol. The van der Waals surface area contributed by atoms with Gasteiger partial charge in [0.1, 0.15) is 0 Å². The van der Waals surface area contributed by atoms with Gasteiger partial charge in [-0.3, -0.25) is 4.79 Å². The molecule has 0 aliphatic heterocycles. The van der Waals surface area contributed by atoms with Crippen molar-refractivity contribution >= 4 is 11.8 Å². The number of hydrogen-bond acceptors (Lipinski definition) is 3. The highest BCUT2D eigenvalue weighted by Gasteiger charge is 2.35. The second kappa shape index (κ2) is 8.23. The molecule has 0 bridgehead atoms. The van der Waals surface area contributed by atoms with Crippen molar-refractivity contribution in [2.75, 3.05) is 0 Å². The van der Waals surface area contributed by atoms with Crippen LogP contribution in [0.15, 0.2) is 0 Å². The summed E-state index contributed by atoms with van der Waals surface area (Å²) < 4.78 is 0. The molecule has 3 N–H and O–H groups in total. The Morgan fingerprint density at radius 2 is 1.53 bits per heavy atom. The minimum Gasteiger partial charge on any atom is -0.480 e. The van der Waals surface area contributed by atoms with E-state index in [2.05, 4.69) is 6.92 Å². The summed E-state index contributed by atoms with van der Waals surface area (Å²) in [5.74, 6) is -1.62. The van der Waals surface area contributed by atoms with Gasteiger partial charge in [-0.25, -0.2) is 4.79 Å². The zero-order valence-electron chi connectivity index (χ0n) is 11.0.